The monoisotopic (exact) mass is 244 g/mol. The van der Waals surface area contributed by atoms with Gasteiger partial charge in [0.25, 0.3) is 0 Å². The van der Waals surface area contributed by atoms with Crippen molar-refractivity contribution in [2.75, 3.05) is 0 Å². The first-order chi connectivity index (χ1) is 8.10. The van der Waals surface area contributed by atoms with E-state index in [1.54, 1.807) is 18.2 Å². The molecule has 0 aliphatic rings. The van der Waals surface area contributed by atoms with Crippen LogP contribution in [0.15, 0.2) is 71.5 Å². The third-order valence-electron chi connectivity index (χ3n) is 1.94. The molecule has 1 aromatic carbocycles. The van der Waals surface area contributed by atoms with Crippen LogP contribution < -0.4 is 0 Å². The SMILES string of the molecule is C=C/C=C(C=C)/C=C/S(=O)(=O)c1cc#ccc1. The first kappa shape index (κ1) is 13.0. The van der Waals surface area contributed by atoms with Crippen LogP contribution in [0.25, 0.3) is 0 Å². The van der Waals surface area contributed by atoms with Crippen molar-refractivity contribution in [1.29, 1.82) is 0 Å². The van der Waals surface area contributed by atoms with Gasteiger partial charge in [-0.15, -0.1) is 0 Å². The van der Waals surface area contributed by atoms with E-state index in [4.69, 9.17) is 0 Å². The molecule has 0 radical (unpaired) electrons. The van der Waals surface area contributed by atoms with E-state index in [9.17, 15) is 8.42 Å². The molecule has 0 saturated carbocycles. The summed E-state index contributed by atoms with van der Waals surface area (Å²) in [6.07, 6.45) is 6.27. The molecule has 0 amide bonds. The van der Waals surface area contributed by atoms with Gasteiger partial charge in [0.1, 0.15) is 0 Å². The van der Waals surface area contributed by atoms with E-state index < -0.39 is 9.84 Å². The summed E-state index contributed by atoms with van der Waals surface area (Å²) in [7, 11) is -3.44. The second kappa shape index (κ2) is 5.88. The number of sulfone groups is 1. The van der Waals surface area contributed by atoms with E-state index in [-0.39, 0.29) is 4.90 Å². The topological polar surface area (TPSA) is 34.1 Å². The average Bonchev–Trinajstić information content (AvgIpc) is 2.35. The molecule has 0 bridgehead atoms. The van der Waals surface area contributed by atoms with Crippen LogP contribution in [-0.4, -0.2) is 8.42 Å². The van der Waals surface area contributed by atoms with Gasteiger partial charge in [0.05, 0.1) is 4.90 Å². The maximum atomic E-state index is 11.8. The lowest BCUT2D eigenvalue weighted by Crippen LogP contribution is -1.95. The summed E-state index contributed by atoms with van der Waals surface area (Å²) in [5.74, 6) is 0. The van der Waals surface area contributed by atoms with Crippen LogP contribution in [0, 0.1) is 12.1 Å². The maximum Gasteiger partial charge on any atom is 0.200 e. The Morgan fingerprint density at radius 2 is 2.06 bits per heavy atom. The highest BCUT2D eigenvalue weighted by atomic mass is 32.2. The van der Waals surface area contributed by atoms with Gasteiger partial charge in [-0.3, -0.25) is 0 Å². The van der Waals surface area contributed by atoms with E-state index >= 15 is 0 Å². The van der Waals surface area contributed by atoms with Crippen LogP contribution in [0.1, 0.15) is 0 Å². The molecule has 86 valence electrons. The summed E-state index contributed by atoms with van der Waals surface area (Å²) in [6.45, 7) is 7.11. The lowest BCUT2D eigenvalue weighted by atomic mass is 10.2. The first-order valence-electron chi connectivity index (χ1n) is 4.86. The van der Waals surface area contributed by atoms with Gasteiger partial charge in [-0.2, -0.15) is 0 Å². The minimum Gasteiger partial charge on any atom is -0.219 e. The fraction of sp³-hybridized carbons (Fsp3) is 0. The fourth-order valence-corrected chi connectivity index (χ4v) is 2.06. The van der Waals surface area contributed by atoms with Crippen LogP contribution in [0.2, 0.25) is 0 Å². The van der Waals surface area contributed by atoms with E-state index in [2.05, 4.69) is 25.3 Å². The van der Waals surface area contributed by atoms with Crippen molar-refractivity contribution < 1.29 is 8.42 Å². The average molecular weight is 244 g/mol. The lowest BCUT2D eigenvalue weighted by Gasteiger charge is -1.96. The Kier molecular flexibility index (Phi) is 4.50. The summed E-state index contributed by atoms with van der Waals surface area (Å²) in [4.78, 5) is 0.189. The lowest BCUT2D eigenvalue weighted by molar-refractivity contribution is 0.604. The highest BCUT2D eigenvalue weighted by Gasteiger charge is 2.08. The smallest absolute Gasteiger partial charge is 0.200 e. The summed E-state index contributed by atoms with van der Waals surface area (Å²) in [5, 5.41) is 1.13. The molecule has 0 spiro atoms. The molecule has 0 aromatic heterocycles. The van der Waals surface area contributed by atoms with Gasteiger partial charge < -0.3 is 0 Å². The predicted molar refractivity (Wildman–Crippen MR) is 68.9 cm³/mol. The Morgan fingerprint density at radius 1 is 1.29 bits per heavy atom. The summed E-state index contributed by atoms with van der Waals surface area (Å²) >= 11 is 0. The molecular formula is C14H12O2S. The largest absolute Gasteiger partial charge is 0.219 e. The molecule has 0 atom stereocenters. The molecule has 0 saturated heterocycles. The van der Waals surface area contributed by atoms with Crippen molar-refractivity contribution in [3.8, 4) is 0 Å². The Balaban J connectivity index is 3.03. The van der Waals surface area contributed by atoms with E-state index in [0.29, 0.717) is 5.57 Å². The molecule has 2 nitrogen and oxygen atoms in total. The zero-order valence-corrected chi connectivity index (χ0v) is 10.1. The molecular weight excluding hydrogens is 232 g/mol. The van der Waals surface area contributed by atoms with Crippen LogP contribution >= 0.6 is 0 Å². The number of rotatable bonds is 5. The molecule has 0 aliphatic heterocycles. The van der Waals surface area contributed by atoms with Crippen LogP contribution in [-0.2, 0) is 9.84 Å². The van der Waals surface area contributed by atoms with Crippen LogP contribution in [0.5, 0.6) is 0 Å². The van der Waals surface area contributed by atoms with Crippen molar-refractivity contribution in [2.24, 2.45) is 0 Å². The highest BCUT2D eigenvalue weighted by molar-refractivity contribution is 7.94. The summed E-state index contributed by atoms with van der Waals surface area (Å²) in [5.41, 5.74) is 0.676. The number of hydrogen-bond donors (Lipinski definition) is 0. The Labute approximate surface area is 102 Å². The molecule has 17 heavy (non-hydrogen) atoms. The van der Waals surface area contributed by atoms with Gasteiger partial charge in [0, 0.05) is 11.5 Å². The second-order valence-electron chi connectivity index (χ2n) is 3.12. The highest BCUT2D eigenvalue weighted by Crippen LogP contribution is 2.11. The third kappa shape index (κ3) is 3.78. The Bertz CT molecular complexity index is 549. The van der Waals surface area contributed by atoms with Crippen molar-refractivity contribution in [3.05, 3.63) is 78.8 Å². The molecule has 0 N–H and O–H groups in total. The van der Waals surface area contributed by atoms with Crippen LogP contribution in [0.3, 0.4) is 0 Å². The molecule has 0 fully saturated rings. The van der Waals surface area contributed by atoms with Gasteiger partial charge in [0.15, 0.2) is 9.84 Å². The van der Waals surface area contributed by atoms with E-state index in [1.807, 2.05) is 0 Å². The summed E-state index contributed by atoms with van der Waals surface area (Å²) in [6, 6.07) is 9.61. The maximum absolute atomic E-state index is 11.8. The fourth-order valence-electron chi connectivity index (χ4n) is 1.08. The van der Waals surface area contributed by atoms with Gasteiger partial charge in [-0.05, 0) is 23.8 Å². The van der Waals surface area contributed by atoms with Crippen molar-refractivity contribution in [1.82, 2.24) is 0 Å². The molecule has 0 heterocycles. The minimum absolute atomic E-state index is 0.189. The van der Waals surface area contributed by atoms with Crippen LogP contribution in [0.4, 0.5) is 0 Å². The Hall–Kier alpha value is -2.05. The molecule has 1 aromatic rings. The molecule has 0 aliphatic carbocycles. The van der Waals surface area contributed by atoms with Gasteiger partial charge >= 0.3 is 0 Å². The zero-order chi connectivity index (χ0) is 12.7. The van der Waals surface area contributed by atoms with Gasteiger partial charge in [-0.1, -0.05) is 43.5 Å². The predicted octanol–water partition coefficient (Wildman–Crippen LogP) is 2.87. The number of hydrogen-bond acceptors (Lipinski definition) is 2. The number of allylic oxidation sites excluding steroid dienone is 5. The van der Waals surface area contributed by atoms with Gasteiger partial charge in [-0.25, -0.2) is 8.42 Å². The minimum atomic E-state index is -3.44. The van der Waals surface area contributed by atoms with Crippen molar-refractivity contribution in [3.63, 3.8) is 0 Å². The van der Waals surface area contributed by atoms with E-state index in [1.165, 1.54) is 24.3 Å². The van der Waals surface area contributed by atoms with Crippen molar-refractivity contribution >= 4 is 9.84 Å². The van der Waals surface area contributed by atoms with E-state index in [0.717, 1.165) is 5.41 Å². The summed E-state index contributed by atoms with van der Waals surface area (Å²) < 4.78 is 23.7. The van der Waals surface area contributed by atoms with Crippen molar-refractivity contribution in [2.45, 2.75) is 4.90 Å². The quantitative estimate of drug-likeness (QED) is 0.746. The first-order valence-corrected chi connectivity index (χ1v) is 6.41. The Morgan fingerprint density at radius 3 is 2.59 bits per heavy atom. The molecule has 3 heteroatoms. The zero-order valence-electron chi connectivity index (χ0n) is 9.26. The second-order valence-corrected chi connectivity index (χ2v) is 4.96. The molecule has 0 unspecified atom stereocenters. The normalized spacial score (nSPS) is 12.1. The molecule has 1 rings (SSSR count). The third-order valence-corrected chi connectivity index (χ3v) is 3.35. The van der Waals surface area contributed by atoms with Gasteiger partial charge in [0.2, 0.25) is 0 Å². The standard InChI is InChI=1S/C14H12O2S/c1-3-8-13(4-2)11-12-17(15,16)14-9-6-5-7-10-14/h3-4,6,8-12H,1-2H2/b12-11+,13-8+.